The van der Waals surface area contributed by atoms with Gasteiger partial charge in [0.25, 0.3) is 0 Å². The molecule has 1 aliphatic rings. The van der Waals surface area contributed by atoms with Gasteiger partial charge in [0.2, 0.25) is 0 Å². The van der Waals surface area contributed by atoms with Gasteiger partial charge in [-0.2, -0.15) is 5.10 Å². The summed E-state index contributed by atoms with van der Waals surface area (Å²) in [5.41, 5.74) is 1.17. The fourth-order valence-electron chi connectivity index (χ4n) is 4.96. The quantitative estimate of drug-likeness (QED) is 0.232. The van der Waals surface area contributed by atoms with Crippen molar-refractivity contribution >= 4 is 18.3 Å². The summed E-state index contributed by atoms with van der Waals surface area (Å²) in [6.45, 7) is 11.2. The minimum atomic E-state index is -1.03. The largest absolute Gasteiger partial charge is 0.509 e. The average Bonchev–Trinajstić information content (AvgIpc) is 3.59. The summed E-state index contributed by atoms with van der Waals surface area (Å²) in [5.74, 6) is 0.673. The number of nitrogens with zero attached hydrogens (tertiary/aromatic N) is 3. The summed E-state index contributed by atoms with van der Waals surface area (Å²) >= 11 is 0. The van der Waals surface area contributed by atoms with Crippen molar-refractivity contribution in [3.63, 3.8) is 0 Å². The third kappa shape index (κ3) is 10.1. The van der Waals surface area contributed by atoms with Gasteiger partial charge < -0.3 is 29.0 Å². The van der Waals surface area contributed by atoms with Crippen molar-refractivity contribution in [2.45, 2.75) is 90.5 Å². The van der Waals surface area contributed by atoms with Crippen LogP contribution in [0.15, 0.2) is 67.0 Å². The monoisotopic (exact) mass is 636 g/mol. The molecule has 4 rings (SSSR count). The van der Waals surface area contributed by atoms with Gasteiger partial charge in [0.15, 0.2) is 12.2 Å². The van der Waals surface area contributed by atoms with Gasteiger partial charge in [0, 0.05) is 18.9 Å². The summed E-state index contributed by atoms with van der Waals surface area (Å²) in [7, 11) is 1.58. The van der Waals surface area contributed by atoms with Crippen LogP contribution in [0.4, 0.5) is 14.4 Å². The minimum absolute atomic E-state index is 0.0648. The third-order valence-electron chi connectivity index (χ3n) is 7.00. The molecule has 1 aromatic heterocycles. The molecular formula is C34H44N4O8. The fraction of sp³-hybridized carbons (Fsp3) is 0.471. The van der Waals surface area contributed by atoms with E-state index < -0.39 is 47.8 Å². The molecule has 2 heterocycles. The molecule has 3 atom stereocenters. The van der Waals surface area contributed by atoms with E-state index in [2.05, 4.69) is 10.4 Å². The smallest absolute Gasteiger partial charge is 0.497 e. The number of methoxy groups -OCH3 is 1. The maximum Gasteiger partial charge on any atom is 0.509 e. The van der Waals surface area contributed by atoms with E-state index in [-0.39, 0.29) is 19.5 Å². The maximum atomic E-state index is 13.4. The third-order valence-corrected chi connectivity index (χ3v) is 7.00. The Hall–Kier alpha value is -4.74. The number of carbonyl (C=O) groups excluding carboxylic acids is 3. The van der Waals surface area contributed by atoms with E-state index in [0.29, 0.717) is 12.3 Å². The van der Waals surface area contributed by atoms with Crippen molar-refractivity contribution in [1.29, 1.82) is 0 Å². The van der Waals surface area contributed by atoms with E-state index in [4.69, 9.17) is 23.7 Å². The van der Waals surface area contributed by atoms with Crippen LogP contribution in [0.3, 0.4) is 0 Å². The SMILES string of the molecule is COc1ccc(C[C@@H]2[C@H](OC(=O)NCc3ccc(Cn4cccn4)cc3)[C@@H](OC(=O)OC(C)(C)C)CN2C(=O)OC(C)(C)C)cc1. The average molecular weight is 637 g/mol. The lowest BCUT2D eigenvalue weighted by Crippen LogP contribution is -2.46. The van der Waals surface area contributed by atoms with E-state index in [0.717, 1.165) is 16.7 Å². The molecule has 12 heteroatoms. The number of ether oxygens (including phenoxy) is 5. The number of alkyl carbamates (subject to hydrolysis) is 1. The topological polar surface area (TPSA) is 130 Å². The molecule has 0 unspecified atom stereocenters. The fourth-order valence-corrected chi connectivity index (χ4v) is 4.96. The molecule has 1 N–H and O–H groups in total. The van der Waals surface area contributed by atoms with Crippen LogP contribution in [-0.4, -0.2) is 76.1 Å². The minimum Gasteiger partial charge on any atom is -0.497 e. The summed E-state index contributed by atoms with van der Waals surface area (Å²) < 4.78 is 29.8. The molecule has 0 spiro atoms. The van der Waals surface area contributed by atoms with Crippen LogP contribution in [-0.2, 0) is 38.5 Å². The summed E-state index contributed by atoms with van der Waals surface area (Å²) in [6, 6.07) is 16.3. The van der Waals surface area contributed by atoms with E-state index in [1.54, 1.807) is 67.0 Å². The highest BCUT2D eigenvalue weighted by Crippen LogP contribution is 2.30. The van der Waals surface area contributed by atoms with Crippen molar-refractivity contribution in [3.05, 3.63) is 83.7 Å². The number of carbonyl (C=O) groups is 3. The molecule has 1 saturated heterocycles. The molecule has 1 fully saturated rings. The van der Waals surface area contributed by atoms with Gasteiger partial charge in [0.05, 0.1) is 26.2 Å². The van der Waals surface area contributed by atoms with Gasteiger partial charge in [-0.25, -0.2) is 14.4 Å². The zero-order chi connectivity index (χ0) is 33.5. The van der Waals surface area contributed by atoms with Crippen molar-refractivity contribution in [2.75, 3.05) is 13.7 Å². The second-order valence-corrected chi connectivity index (χ2v) is 13.1. The number of rotatable bonds is 9. The molecule has 248 valence electrons. The second-order valence-electron chi connectivity index (χ2n) is 13.1. The molecule has 0 saturated carbocycles. The number of hydrogen-bond acceptors (Lipinski definition) is 9. The molecule has 2 aromatic carbocycles. The molecule has 0 aliphatic carbocycles. The summed E-state index contributed by atoms with van der Waals surface area (Å²) in [6.07, 6.45) is -0.425. The van der Waals surface area contributed by atoms with E-state index in [9.17, 15) is 14.4 Å². The number of nitrogens with one attached hydrogen (secondary N) is 1. The lowest BCUT2D eigenvalue weighted by Gasteiger charge is -2.30. The molecule has 12 nitrogen and oxygen atoms in total. The number of aromatic nitrogens is 2. The van der Waals surface area contributed by atoms with Gasteiger partial charge in [-0.3, -0.25) is 9.58 Å². The van der Waals surface area contributed by atoms with Crippen molar-refractivity contribution in [1.82, 2.24) is 20.0 Å². The Morgan fingerprint density at radius 1 is 0.870 bits per heavy atom. The van der Waals surface area contributed by atoms with Gasteiger partial charge in [-0.05, 0) is 82.9 Å². The Morgan fingerprint density at radius 3 is 2.09 bits per heavy atom. The molecular weight excluding hydrogens is 592 g/mol. The first-order valence-corrected chi connectivity index (χ1v) is 15.2. The lowest BCUT2D eigenvalue weighted by molar-refractivity contribution is -0.0518. The lowest BCUT2D eigenvalue weighted by atomic mass is 10.0. The Kier molecular flexibility index (Phi) is 10.8. The van der Waals surface area contributed by atoms with Gasteiger partial charge in [-0.1, -0.05) is 36.4 Å². The van der Waals surface area contributed by atoms with E-state index >= 15 is 0 Å². The summed E-state index contributed by atoms with van der Waals surface area (Å²) in [4.78, 5) is 40.9. The van der Waals surface area contributed by atoms with Crippen LogP contribution < -0.4 is 10.1 Å². The number of amides is 2. The highest BCUT2D eigenvalue weighted by Gasteiger charge is 2.50. The number of likely N-dealkylation sites (tertiary alicyclic amines) is 1. The predicted molar refractivity (Wildman–Crippen MR) is 169 cm³/mol. The number of benzene rings is 2. The molecule has 3 aromatic rings. The van der Waals surface area contributed by atoms with Gasteiger partial charge >= 0.3 is 18.3 Å². The van der Waals surface area contributed by atoms with Crippen molar-refractivity contribution in [3.8, 4) is 5.75 Å². The van der Waals surface area contributed by atoms with Crippen LogP contribution in [0, 0.1) is 0 Å². The summed E-state index contributed by atoms with van der Waals surface area (Å²) in [5, 5.41) is 7.01. The van der Waals surface area contributed by atoms with Crippen LogP contribution in [0.5, 0.6) is 5.75 Å². The van der Waals surface area contributed by atoms with Crippen LogP contribution in [0.2, 0.25) is 0 Å². The van der Waals surface area contributed by atoms with E-state index in [1.165, 1.54) is 4.90 Å². The maximum absolute atomic E-state index is 13.4. The van der Waals surface area contributed by atoms with Crippen LogP contribution in [0.1, 0.15) is 58.2 Å². The molecule has 2 amide bonds. The molecule has 0 radical (unpaired) electrons. The second kappa shape index (κ2) is 14.6. The molecule has 46 heavy (non-hydrogen) atoms. The predicted octanol–water partition coefficient (Wildman–Crippen LogP) is 5.72. The first-order chi connectivity index (χ1) is 21.7. The highest BCUT2D eigenvalue weighted by atomic mass is 16.7. The van der Waals surface area contributed by atoms with Crippen LogP contribution in [0.25, 0.3) is 0 Å². The van der Waals surface area contributed by atoms with E-state index in [1.807, 2.05) is 53.3 Å². The first-order valence-electron chi connectivity index (χ1n) is 15.2. The highest BCUT2D eigenvalue weighted by molar-refractivity contribution is 5.71. The molecule has 0 bridgehead atoms. The zero-order valence-electron chi connectivity index (χ0n) is 27.5. The normalized spacial score (nSPS) is 18.1. The Bertz CT molecular complexity index is 1440. The Balaban J connectivity index is 1.53. The number of hydrogen-bond donors (Lipinski definition) is 1. The van der Waals surface area contributed by atoms with Crippen molar-refractivity contribution < 1.29 is 38.1 Å². The van der Waals surface area contributed by atoms with Gasteiger partial charge in [0.1, 0.15) is 17.0 Å². The van der Waals surface area contributed by atoms with Gasteiger partial charge in [-0.15, -0.1) is 0 Å². The van der Waals surface area contributed by atoms with Crippen molar-refractivity contribution in [2.24, 2.45) is 0 Å². The van der Waals surface area contributed by atoms with Crippen LogP contribution >= 0.6 is 0 Å². The standard InChI is InChI=1S/C34H44N4O8/c1-33(2,3)45-31(40)38-22-28(43-32(41)46-34(4,5)6)29(27(38)19-23-13-15-26(42-7)16-14-23)44-30(39)35-20-24-9-11-25(12-10-24)21-37-18-8-17-36-37/h8-18,27-29H,19-22H2,1-7H3,(H,35,39)/t27-,28+,29+/m1/s1. The zero-order valence-corrected chi connectivity index (χ0v) is 27.5. The molecule has 1 aliphatic heterocycles. The first kappa shape index (κ1) is 34.1. The Morgan fingerprint density at radius 2 is 1.50 bits per heavy atom. The Labute approximate surface area is 269 Å².